The number of pyridine rings is 1. The van der Waals surface area contributed by atoms with Gasteiger partial charge in [-0.1, -0.05) is 0 Å². The standard InChI is InChI=1S/C17H22F3N5O/c1-3-21-16(24-10-13-6-8-25(2)12-13)22-7-9-26-15-5-4-14(11-23-15)17(18,19)20/h4-6,8,11-12H,3,7,9-10H2,1-2H3,(H2,21,22,24). The van der Waals surface area contributed by atoms with Gasteiger partial charge < -0.3 is 19.9 Å². The van der Waals surface area contributed by atoms with Crippen LogP contribution in [0.25, 0.3) is 0 Å². The summed E-state index contributed by atoms with van der Waals surface area (Å²) in [5.74, 6) is 0.784. The molecule has 0 atom stereocenters. The summed E-state index contributed by atoms with van der Waals surface area (Å²) in [5.41, 5.74) is 0.292. The number of halogens is 3. The molecule has 2 aromatic rings. The summed E-state index contributed by atoms with van der Waals surface area (Å²) in [7, 11) is 1.95. The number of ether oxygens (including phenoxy) is 1. The first-order valence-corrected chi connectivity index (χ1v) is 8.17. The van der Waals surface area contributed by atoms with Crippen molar-refractivity contribution in [2.24, 2.45) is 12.0 Å². The summed E-state index contributed by atoms with van der Waals surface area (Å²) in [6.45, 7) is 3.89. The van der Waals surface area contributed by atoms with Crippen LogP contribution in [0.1, 0.15) is 18.1 Å². The lowest BCUT2D eigenvalue weighted by molar-refractivity contribution is -0.137. The van der Waals surface area contributed by atoms with E-state index in [9.17, 15) is 13.2 Å². The maximum absolute atomic E-state index is 12.5. The molecule has 0 radical (unpaired) electrons. The van der Waals surface area contributed by atoms with E-state index in [4.69, 9.17) is 4.74 Å². The van der Waals surface area contributed by atoms with Crippen molar-refractivity contribution in [1.82, 2.24) is 20.2 Å². The second kappa shape index (κ2) is 9.12. The minimum Gasteiger partial charge on any atom is -0.476 e. The highest BCUT2D eigenvalue weighted by atomic mass is 19.4. The molecule has 0 aliphatic heterocycles. The number of hydrogen-bond acceptors (Lipinski definition) is 3. The van der Waals surface area contributed by atoms with Crippen LogP contribution in [0.3, 0.4) is 0 Å². The number of guanidine groups is 1. The fourth-order valence-corrected chi connectivity index (χ4v) is 2.12. The number of alkyl halides is 3. The molecule has 0 aromatic carbocycles. The summed E-state index contributed by atoms with van der Waals surface area (Å²) >= 11 is 0. The molecular weight excluding hydrogens is 347 g/mol. The topological polar surface area (TPSA) is 63.5 Å². The third-order valence-electron chi connectivity index (χ3n) is 3.37. The van der Waals surface area contributed by atoms with Crippen molar-refractivity contribution in [2.75, 3.05) is 19.7 Å². The Balaban J connectivity index is 1.78. The first-order valence-electron chi connectivity index (χ1n) is 8.17. The quantitative estimate of drug-likeness (QED) is 0.447. The molecule has 2 N–H and O–H groups in total. The van der Waals surface area contributed by atoms with E-state index in [-0.39, 0.29) is 12.5 Å². The second-order valence-electron chi connectivity index (χ2n) is 5.54. The van der Waals surface area contributed by atoms with Gasteiger partial charge in [0.25, 0.3) is 0 Å². The van der Waals surface area contributed by atoms with Crippen molar-refractivity contribution in [1.29, 1.82) is 0 Å². The molecule has 6 nitrogen and oxygen atoms in total. The maximum Gasteiger partial charge on any atom is 0.417 e. The molecule has 0 spiro atoms. The molecule has 0 saturated heterocycles. The minimum absolute atomic E-state index is 0.144. The van der Waals surface area contributed by atoms with Gasteiger partial charge in [-0.25, -0.2) is 9.98 Å². The number of aliphatic imine (C=N–C) groups is 1. The fourth-order valence-electron chi connectivity index (χ4n) is 2.12. The lowest BCUT2D eigenvalue weighted by Crippen LogP contribution is -2.39. The van der Waals surface area contributed by atoms with E-state index in [1.54, 1.807) is 0 Å². The third kappa shape index (κ3) is 6.30. The molecule has 0 bridgehead atoms. The molecule has 142 valence electrons. The molecule has 0 aliphatic rings. The third-order valence-corrected chi connectivity index (χ3v) is 3.37. The van der Waals surface area contributed by atoms with Crippen LogP contribution >= 0.6 is 0 Å². The van der Waals surface area contributed by atoms with E-state index < -0.39 is 11.7 Å². The van der Waals surface area contributed by atoms with Gasteiger partial charge in [0, 0.05) is 38.2 Å². The summed E-state index contributed by atoms with van der Waals surface area (Å²) in [5, 5.41) is 6.22. The molecule has 26 heavy (non-hydrogen) atoms. The normalized spacial score (nSPS) is 12.1. The van der Waals surface area contributed by atoms with Crippen LogP contribution in [0.5, 0.6) is 5.88 Å². The Morgan fingerprint density at radius 1 is 1.27 bits per heavy atom. The van der Waals surface area contributed by atoms with Crippen LogP contribution in [0, 0.1) is 0 Å². The highest BCUT2D eigenvalue weighted by Crippen LogP contribution is 2.29. The van der Waals surface area contributed by atoms with Crippen LogP contribution < -0.4 is 15.4 Å². The lowest BCUT2D eigenvalue weighted by atomic mass is 10.3. The van der Waals surface area contributed by atoms with Crippen LogP contribution in [0.15, 0.2) is 41.8 Å². The van der Waals surface area contributed by atoms with Gasteiger partial charge in [0.05, 0.1) is 18.7 Å². The van der Waals surface area contributed by atoms with Crippen molar-refractivity contribution in [3.63, 3.8) is 0 Å². The van der Waals surface area contributed by atoms with Gasteiger partial charge >= 0.3 is 6.18 Å². The van der Waals surface area contributed by atoms with Gasteiger partial charge in [0.1, 0.15) is 6.61 Å². The van der Waals surface area contributed by atoms with Crippen molar-refractivity contribution in [2.45, 2.75) is 19.6 Å². The highest BCUT2D eigenvalue weighted by molar-refractivity contribution is 5.79. The molecule has 0 amide bonds. The molecule has 2 heterocycles. The first kappa shape index (κ1) is 19.6. The van der Waals surface area contributed by atoms with Gasteiger partial charge in [0.15, 0.2) is 5.96 Å². The molecule has 2 aromatic heterocycles. The van der Waals surface area contributed by atoms with E-state index in [2.05, 4.69) is 20.6 Å². The summed E-state index contributed by atoms with van der Waals surface area (Å²) < 4.78 is 44.7. The monoisotopic (exact) mass is 369 g/mol. The number of nitrogens with one attached hydrogen (secondary N) is 2. The van der Waals surface area contributed by atoms with Crippen molar-refractivity contribution in [3.8, 4) is 5.88 Å². The average Bonchev–Trinajstić information content (AvgIpc) is 3.01. The highest BCUT2D eigenvalue weighted by Gasteiger charge is 2.30. The predicted octanol–water partition coefficient (Wildman–Crippen LogP) is 2.57. The zero-order valence-electron chi connectivity index (χ0n) is 14.7. The van der Waals surface area contributed by atoms with Crippen molar-refractivity contribution < 1.29 is 17.9 Å². The van der Waals surface area contributed by atoms with E-state index in [1.165, 1.54) is 6.07 Å². The number of rotatable bonds is 7. The van der Waals surface area contributed by atoms with Gasteiger partial charge in [-0.3, -0.25) is 0 Å². The van der Waals surface area contributed by atoms with Gasteiger partial charge in [-0.2, -0.15) is 13.2 Å². The average molecular weight is 369 g/mol. The number of nitrogens with zero attached hydrogens (tertiary/aromatic N) is 3. The van der Waals surface area contributed by atoms with Crippen molar-refractivity contribution in [3.05, 3.63) is 47.9 Å². The van der Waals surface area contributed by atoms with Crippen LogP contribution in [0.2, 0.25) is 0 Å². The van der Waals surface area contributed by atoms with E-state index in [0.29, 0.717) is 25.6 Å². The summed E-state index contributed by atoms with van der Waals surface area (Å²) in [6.07, 6.45) is 0.305. The second-order valence-corrected chi connectivity index (χ2v) is 5.54. The fraction of sp³-hybridized carbons (Fsp3) is 0.412. The maximum atomic E-state index is 12.5. The smallest absolute Gasteiger partial charge is 0.417 e. The van der Waals surface area contributed by atoms with E-state index in [1.807, 2.05) is 37.0 Å². The molecule has 0 unspecified atom stereocenters. The zero-order valence-corrected chi connectivity index (χ0v) is 14.7. The number of aryl methyl sites for hydroxylation is 1. The Bertz CT molecular complexity index is 710. The largest absolute Gasteiger partial charge is 0.476 e. The van der Waals surface area contributed by atoms with Gasteiger partial charge in [-0.15, -0.1) is 0 Å². The first-order chi connectivity index (χ1) is 12.4. The van der Waals surface area contributed by atoms with Gasteiger partial charge in [-0.05, 0) is 24.6 Å². The SMILES string of the molecule is CCNC(=NCc1ccn(C)c1)NCCOc1ccc(C(F)(F)F)cn1. The molecule has 9 heteroatoms. The Morgan fingerprint density at radius 2 is 2.08 bits per heavy atom. The van der Waals surface area contributed by atoms with Crippen LogP contribution in [-0.4, -0.2) is 35.2 Å². The van der Waals surface area contributed by atoms with E-state index in [0.717, 1.165) is 17.8 Å². The summed E-state index contributed by atoms with van der Waals surface area (Å²) in [4.78, 5) is 8.12. The van der Waals surface area contributed by atoms with Crippen LogP contribution in [0.4, 0.5) is 13.2 Å². The molecular formula is C17H22F3N5O. The van der Waals surface area contributed by atoms with E-state index >= 15 is 0 Å². The predicted molar refractivity (Wildman–Crippen MR) is 93.0 cm³/mol. The Morgan fingerprint density at radius 3 is 2.65 bits per heavy atom. The van der Waals surface area contributed by atoms with Crippen LogP contribution in [-0.2, 0) is 19.8 Å². The zero-order chi connectivity index (χ0) is 19.0. The van der Waals surface area contributed by atoms with Gasteiger partial charge in [0.2, 0.25) is 5.88 Å². The van der Waals surface area contributed by atoms with Crippen molar-refractivity contribution >= 4 is 5.96 Å². The lowest BCUT2D eigenvalue weighted by Gasteiger charge is -2.12. The molecule has 2 rings (SSSR count). The molecule has 0 aliphatic carbocycles. The summed E-state index contributed by atoms with van der Waals surface area (Å²) in [6, 6.07) is 4.14. The minimum atomic E-state index is -4.40. The molecule has 0 fully saturated rings. The Kier molecular flexibility index (Phi) is 6.88. The number of aromatic nitrogens is 2. The Hall–Kier alpha value is -2.71. The number of hydrogen-bond donors (Lipinski definition) is 2. The molecule has 0 saturated carbocycles. The Labute approximate surface area is 150 Å².